The molecule has 100 valence electrons. The fraction of sp³-hybridized carbons (Fsp3) is 0.667. The Morgan fingerprint density at radius 3 is 2.78 bits per heavy atom. The summed E-state index contributed by atoms with van der Waals surface area (Å²) >= 11 is 0. The maximum atomic E-state index is 6.25. The zero-order valence-electron chi connectivity index (χ0n) is 11.5. The first-order valence-electron chi connectivity index (χ1n) is 7.23. The molecule has 0 bridgehead atoms. The quantitative estimate of drug-likeness (QED) is 0.780. The summed E-state index contributed by atoms with van der Waals surface area (Å²) in [7, 11) is 0. The molecular formula is C15H25N3. The number of anilines is 1. The van der Waals surface area contributed by atoms with E-state index in [1.165, 1.54) is 44.3 Å². The Morgan fingerprint density at radius 1 is 1.44 bits per heavy atom. The Bertz CT molecular complexity index is 400. The molecule has 1 saturated carbocycles. The molecule has 0 unspecified atom stereocenters. The van der Waals surface area contributed by atoms with Crippen LogP contribution in [0.15, 0.2) is 12.7 Å². The number of allylic oxidation sites excluding steroid dienone is 1. The Kier molecular flexibility index (Phi) is 4.45. The van der Waals surface area contributed by atoms with Gasteiger partial charge in [0, 0.05) is 12.5 Å². The van der Waals surface area contributed by atoms with Crippen molar-refractivity contribution in [2.45, 2.75) is 64.3 Å². The lowest BCUT2D eigenvalue weighted by Crippen LogP contribution is -2.08. The van der Waals surface area contributed by atoms with Crippen molar-refractivity contribution in [3.8, 4) is 0 Å². The van der Waals surface area contributed by atoms with Gasteiger partial charge in [0.05, 0.1) is 5.69 Å². The van der Waals surface area contributed by atoms with Crippen molar-refractivity contribution >= 4 is 5.82 Å². The van der Waals surface area contributed by atoms with Gasteiger partial charge in [-0.15, -0.1) is 6.58 Å². The fourth-order valence-electron chi connectivity index (χ4n) is 2.88. The van der Waals surface area contributed by atoms with Gasteiger partial charge in [0.15, 0.2) is 0 Å². The van der Waals surface area contributed by atoms with Gasteiger partial charge in [-0.05, 0) is 25.7 Å². The largest absolute Gasteiger partial charge is 0.384 e. The van der Waals surface area contributed by atoms with Crippen LogP contribution in [0.5, 0.6) is 0 Å². The maximum absolute atomic E-state index is 6.25. The molecule has 3 nitrogen and oxygen atoms in total. The predicted molar refractivity (Wildman–Crippen MR) is 76.7 cm³/mol. The Hall–Kier alpha value is -1.25. The van der Waals surface area contributed by atoms with Crippen LogP contribution < -0.4 is 5.73 Å². The highest BCUT2D eigenvalue weighted by atomic mass is 15.1. The van der Waals surface area contributed by atoms with E-state index in [0.717, 1.165) is 24.5 Å². The maximum Gasteiger partial charge on any atom is 0.127 e. The molecule has 2 N–H and O–H groups in total. The summed E-state index contributed by atoms with van der Waals surface area (Å²) in [5.41, 5.74) is 7.35. The molecule has 1 aliphatic rings. The molecule has 1 aromatic rings. The fourth-order valence-corrected chi connectivity index (χ4v) is 2.88. The Morgan fingerprint density at radius 2 is 2.17 bits per heavy atom. The molecule has 0 spiro atoms. The topological polar surface area (TPSA) is 43.8 Å². The molecule has 2 rings (SSSR count). The number of aromatic nitrogens is 2. The second-order valence-electron chi connectivity index (χ2n) is 5.29. The van der Waals surface area contributed by atoms with E-state index < -0.39 is 0 Å². The first-order valence-corrected chi connectivity index (χ1v) is 7.23. The van der Waals surface area contributed by atoms with E-state index in [-0.39, 0.29) is 0 Å². The van der Waals surface area contributed by atoms with Crippen LogP contribution in [0.2, 0.25) is 0 Å². The van der Waals surface area contributed by atoms with Gasteiger partial charge >= 0.3 is 0 Å². The van der Waals surface area contributed by atoms with Gasteiger partial charge in [-0.3, -0.25) is 0 Å². The number of imidazole rings is 1. The van der Waals surface area contributed by atoms with Crippen molar-refractivity contribution in [2.24, 2.45) is 0 Å². The van der Waals surface area contributed by atoms with Crippen LogP contribution in [-0.2, 0) is 13.0 Å². The summed E-state index contributed by atoms with van der Waals surface area (Å²) in [4.78, 5) is 4.84. The van der Waals surface area contributed by atoms with Gasteiger partial charge in [0.1, 0.15) is 11.6 Å². The standard InChI is InChI=1S/C15H25N3/c1-3-5-10-13-14(16)18(11-4-2)15(17-13)12-8-6-7-9-12/h4,12H,2-3,5-11,16H2,1H3. The number of nitrogens with zero attached hydrogens (tertiary/aromatic N) is 2. The monoisotopic (exact) mass is 247 g/mol. The summed E-state index contributed by atoms with van der Waals surface area (Å²) < 4.78 is 2.17. The highest BCUT2D eigenvalue weighted by Crippen LogP contribution is 2.35. The number of nitrogens with two attached hydrogens (primary N) is 1. The number of hydrogen-bond acceptors (Lipinski definition) is 2. The van der Waals surface area contributed by atoms with E-state index in [9.17, 15) is 0 Å². The second kappa shape index (κ2) is 6.07. The van der Waals surface area contributed by atoms with E-state index in [1.54, 1.807) is 0 Å². The lowest BCUT2D eigenvalue weighted by Gasteiger charge is -2.11. The van der Waals surface area contributed by atoms with Crippen molar-refractivity contribution in [1.29, 1.82) is 0 Å². The molecule has 3 heteroatoms. The SMILES string of the molecule is C=CCn1c(C2CCCC2)nc(CCCC)c1N. The molecular weight excluding hydrogens is 222 g/mol. The molecule has 1 aliphatic carbocycles. The summed E-state index contributed by atoms with van der Waals surface area (Å²) in [6.07, 6.45) is 10.5. The van der Waals surface area contributed by atoms with Crippen molar-refractivity contribution in [1.82, 2.24) is 9.55 Å². The Balaban J connectivity index is 2.27. The zero-order valence-corrected chi connectivity index (χ0v) is 11.5. The van der Waals surface area contributed by atoms with Gasteiger partial charge in [-0.2, -0.15) is 0 Å². The summed E-state index contributed by atoms with van der Waals surface area (Å²) in [6, 6.07) is 0. The van der Waals surface area contributed by atoms with E-state index in [2.05, 4.69) is 18.1 Å². The molecule has 0 aliphatic heterocycles. The van der Waals surface area contributed by atoms with E-state index in [4.69, 9.17) is 10.7 Å². The van der Waals surface area contributed by atoms with Crippen molar-refractivity contribution in [3.05, 3.63) is 24.2 Å². The van der Waals surface area contributed by atoms with Gasteiger partial charge in [-0.25, -0.2) is 4.98 Å². The summed E-state index contributed by atoms with van der Waals surface area (Å²) in [6.45, 7) is 6.82. The minimum absolute atomic E-state index is 0.614. The highest BCUT2D eigenvalue weighted by molar-refractivity contribution is 5.39. The normalized spacial score (nSPS) is 16.3. The van der Waals surface area contributed by atoms with Crippen LogP contribution in [0.3, 0.4) is 0 Å². The lowest BCUT2D eigenvalue weighted by atomic mass is 10.1. The third-order valence-electron chi connectivity index (χ3n) is 3.91. The number of nitrogen functional groups attached to an aromatic ring is 1. The van der Waals surface area contributed by atoms with Gasteiger partial charge in [-0.1, -0.05) is 32.3 Å². The summed E-state index contributed by atoms with van der Waals surface area (Å²) in [5, 5.41) is 0. The first kappa shape index (κ1) is 13.2. The van der Waals surface area contributed by atoms with Crippen LogP contribution in [0, 0.1) is 0 Å². The average Bonchev–Trinajstić information content (AvgIpc) is 2.98. The lowest BCUT2D eigenvalue weighted by molar-refractivity contribution is 0.617. The molecule has 1 fully saturated rings. The Labute approximate surface area is 110 Å². The van der Waals surface area contributed by atoms with Crippen LogP contribution in [0.25, 0.3) is 0 Å². The average molecular weight is 247 g/mol. The van der Waals surface area contributed by atoms with Crippen LogP contribution in [0.4, 0.5) is 5.82 Å². The van der Waals surface area contributed by atoms with Crippen LogP contribution in [-0.4, -0.2) is 9.55 Å². The minimum atomic E-state index is 0.614. The molecule has 0 saturated heterocycles. The number of unbranched alkanes of at least 4 members (excludes halogenated alkanes) is 1. The number of aryl methyl sites for hydroxylation is 1. The van der Waals surface area contributed by atoms with Gasteiger partial charge in [0.25, 0.3) is 0 Å². The number of hydrogen-bond donors (Lipinski definition) is 1. The second-order valence-corrected chi connectivity index (χ2v) is 5.29. The van der Waals surface area contributed by atoms with Crippen molar-refractivity contribution in [2.75, 3.05) is 5.73 Å². The molecule has 0 radical (unpaired) electrons. The first-order chi connectivity index (χ1) is 8.77. The van der Waals surface area contributed by atoms with Crippen molar-refractivity contribution < 1.29 is 0 Å². The molecule has 0 amide bonds. The van der Waals surface area contributed by atoms with Crippen LogP contribution >= 0.6 is 0 Å². The molecule has 1 aromatic heterocycles. The molecule has 0 aromatic carbocycles. The number of rotatable bonds is 6. The smallest absolute Gasteiger partial charge is 0.127 e. The molecule has 0 atom stereocenters. The molecule has 18 heavy (non-hydrogen) atoms. The zero-order chi connectivity index (χ0) is 13.0. The summed E-state index contributed by atoms with van der Waals surface area (Å²) in [5.74, 6) is 2.68. The van der Waals surface area contributed by atoms with Gasteiger partial charge < -0.3 is 10.3 Å². The third kappa shape index (κ3) is 2.60. The highest BCUT2D eigenvalue weighted by Gasteiger charge is 2.24. The van der Waals surface area contributed by atoms with E-state index in [1.807, 2.05) is 6.08 Å². The predicted octanol–water partition coefficient (Wildman–Crippen LogP) is 3.65. The minimum Gasteiger partial charge on any atom is -0.384 e. The van der Waals surface area contributed by atoms with E-state index >= 15 is 0 Å². The van der Waals surface area contributed by atoms with Crippen LogP contribution in [0.1, 0.15) is 62.9 Å². The van der Waals surface area contributed by atoms with Gasteiger partial charge in [0.2, 0.25) is 0 Å². The third-order valence-corrected chi connectivity index (χ3v) is 3.91. The van der Waals surface area contributed by atoms with E-state index in [0.29, 0.717) is 5.92 Å². The molecule has 1 heterocycles. The van der Waals surface area contributed by atoms with Crippen molar-refractivity contribution in [3.63, 3.8) is 0 Å².